The molecule has 0 N–H and O–H groups in total. The van der Waals surface area contributed by atoms with E-state index >= 15 is 0 Å². The first kappa shape index (κ1) is 27.8. The molecule has 3 aliphatic rings. The van der Waals surface area contributed by atoms with Crippen LogP contribution in [0.25, 0.3) is 0 Å². The summed E-state index contributed by atoms with van der Waals surface area (Å²) in [5.74, 6) is -1.91. The van der Waals surface area contributed by atoms with E-state index in [1.165, 1.54) is 24.3 Å². The van der Waals surface area contributed by atoms with E-state index < -0.39 is 23.5 Å². The second kappa shape index (κ2) is 11.8. The molecule has 212 valence electrons. The van der Waals surface area contributed by atoms with Crippen LogP contribution in [0.4, 0.5) is 4.39 Å². The number of nitrogens with zero attached hydrogens (tertiary/aromatic N) is 3. The normalized spacial score (nSPS) is 22.3. The first-order chi connectivity index (χ1) is 19.3. The first-order valence-corrected chi connectivity index (χ1v) is 13.9. The van der Waals surface area contributed by atoms with Crippen molar-refractivity contribution in [3.63, 3.8) is 0 Å². The first-order valence-electron chi connectivity index (χ1n) is 13.9. The van der Waals surface area contributed by atoms with Crippen molar-refractivity contribution in [3.8, 4) is 0 Å². The summed E-state index contributed by atoms with van der Waals surface area (Å²) in [5.41, 5.74) is -0.224. The lowest BCUT2D eigenvalue weighted by molar-refractivity contribution is -0.152. The van der Waals surface area contributed by atoms with Gasteiger partial charge in [-0.15, -0.1) is 0 Å². The summed E-state index contributed by atoms with van der Waals surface area (Å²) in [7, 11) is 0. The number of likely N-dealkylation sites (tertiary alicyclic amines) is 2. The van der Waals surface area contributed by atoms with Crippen LogP contribution in [0.2, 0.25) is 0 Å². The number of rotatable bonds is 5. The quantitative estimate of drug-likeness (QED) is 0.530. The topological polar surface area (TPSA) is 96.5 Å². The lowest BCUT2D eigenvalue weighted by Gasteiger charge is -2.45. The second-order valence-electron chi connectivity index (χ2n) is 10.5. The minimum atomic E-state index is -1.05. The Labute approximate surface area is 232 Å². The van der Waals surface area contributed by atoms with E-state index in [1.54, 1.807) is 45.9 Å². The number of piperidine rings is 2. The molecule has 3 heterocycles. The van der Waals surface area contributed by atoms with E-state index in [0.29, 0.717) is 56.4 Å². The van der Waals surface area contributed by atoms with Gasteiger partial charge in [-0.05, 0) is 56.2 Å². The van der Waals surface area contributed by atoms with E-state index in [1.807, 2.05) is 6.07 Å². The second-order valence-corrected chi connectivity index (χ2v) is 10.5. The smallest absolute Gasteiger partial charge is 0.310 e. The number of halogens is 1. The molecule has 3 aliphatic heterocycles. The Morgan fingerprint density at radius 1 is 0.925 bits per heavy atom. The largest absolute Gasteiger partial charge is 0.466 e. The number of ether oxygens (including phenoxy) is 2. The number of amides is 3. The fourth-order valence-electron chi connectivity index (χ4n) is 5.95. The Bertz CT molecular complexity index is 1250. The van der Waals surface area contributed by atoms with Gasteiger partial charge in [0.1, 0.15) is 17.6 Å². The Hall–Kier alpha value is -3.79. The van der Waals surface area contributed by atoms with Crippen LogP contribution in [-0.4, -0.2) is 89.6 Å². The van der Waals surface area contributed by atoms with E-state index in [0.717, 1.165) is 0 Å². The van der Waals surface area contributed by atoms with Crippen molar-refractivity contribution >= 4 is 23.7 Å². The summed E-state index contributed by atoms with van der Waals surface area (Å²) >= 11 is 0. The van der Waals surface area contributed by atoms with E-state index in [4.69, 9.17) is 9.47 Å². The third-order valence-corrected chi connectivity index (χ3v) is 8.06. The zero-order valence-corrected chi connectivity index (χ0v) is 22.6. The highest BCUT2D eigenvalue weighted by molar-refractivity contribution is 5.99. The fraction of sp³-hybridized carbons (Fsp3) is 0.467. The molecule has 9 nitrogen and oxygen atoms in total. The maximum atomic E-state index is 13.9. The van der Waals surface area contributed by atoms with Crippen LogP contribution in [0.5, 0.6) is 0 Å². The van der Waals surface area contributed by atoms with Crippen molar-refractivity contribution in [2.24, 2.45) is 5.92 Å². The van der Waals surface area contributed by atoms with Gasteiger partial charge < -0.3 is 19.3 Å². The summed E-state index contributed by atoms with van der Waals surface area (Å²) in [6, 6.07) is 13.3. The van der Waals surface area contributed by atoms with Crippen LogP contribution in [0.1, 0.15) is 53.3 Å². The molecule has 10 heteroatoms. The van der Waals surface area contributed by atoms with Gasteiger partial charge in [-0.25, -0.2) is 4.39 Å². The third-order valence-electron chi connectivity index (χ3n) is 8.06. The van der Waals surface area contributed by atoms with Crippen molar-refractivity contribution < 1.29 is 33.0 Å². The van der Waals surface area contributed by atoms with Crippen LogP contribution < -0.4 is 0 Å². The third kappa shape index (κ3) is 5.45. The summed E-state index contributed by atoms with van der Waals surface area (Å²) < 4.78 is 24.8. The van der Waals surface area contributed by atoms with E-state index in [-0.39, 0.29) is 43.4 Å². The molecule has 0 radical (unpaired) electrons. The molecule has 3 amide bonds. The van der Waals surface area contributed by atoms with Crippen molar-refractivity contribution in [2.45, 2.75) is 44.4 Å². The van der Waals surface area contributed by atoms with Crippen molar-refractivity contribution in [2.75, 3.05) is 39.4 Å². The Morgan fingerprint density at radius 3 is 2.27 bits per heavy atom. The molecule has 0 aliphatic carbocycles. The molecule has 1 spiro atoms. The molecule has 3 saturated heterocycles. The van der Waals surface area contributed by atoms with Crippen molar-refractivity contribution in [1.29, 1.82) is 0 Å². The molecule has 0 aromatic heterocycles. The van der Waals surface area contributed by atoms with Crippen LogP contribution in [0.3, 0.4) is 0 Å². The van der Waals surface area contributed by atoms with Gasteiger partial charge in [0.05, 0.1) is 19.1 Å². The number of benzene rings is 2. The zero-order chi connectivity index (χ0) is 28.3. The summed E-state index contributed by atoms with van der Waals surface area (Å²) in [5, 5.41) is 0. The molecule has 2 aromatic carbocycles. The summed E-state index contributed by atoms with van der Waals surface area (Å²) in [6.45, 7) is 3.42. The van der Waals surface area contributed by atoms with E-state index in [9.17, 15) is 23.6 Å². The van der Waals surface area contributed by atoms with Gasteiger partial charge in [0.2, 0.25) is 5.91 Å². The maximum Gasteiger partial charge on any atom is 0.310 e. The molecule has 0 bridgehead atoms. The highest BCUT2D eigenvalue weighted by Crippen LogP contribution is 2.39. The van der Waals surface area contributed by atoms with Gasteiger partial charge >= 0.3 is 5.97 Å². The SMILES string of the molecule is CCOC(=O)[C@H]1CCCN(C(=O)[C@H]2COC3(CCN(C(=O)c4ccc(F)cc4)CC3)N2C(=O)c2ccccc2)C1. The van der Waals surface area contributed by atoms with Crippen LogP contribution >= 0.6 is 0 Å². The average molecular weight is 552 g/mol. The summed E-state index contributed by atoms with van der Waals surface area (Å²) in [4.78, 5) is 58.1. The molecule has 5 rings (SSSR count). The highest BCUT2D eigenvalue weighted by Gasteiger charge is 2.55. The van der Waals surface area contributed by atoms with Gasteiger partial charge in [-0.1, -0.05) is 18.2 Å². The van der Waals surface area contributed by atoms with Crippen LogP contribution in [-0.2, 0) is 19.1 Å². The minimum Gasteiger partial charge on any atom is -0.466 e. The monoisotopic (exact) mass is 551 g/mol. The van der Waals surface area contributed by atoms with E-state index in [2.05, 4.69) is 0 Å². The molecule has 0 unspecified atom stereocenters. The highest BCUT2D eigenvalue weighted by atomic mass is 19.1. The van der Waals surface area contributed by atoms with Crippen LogP contribution in [0.15, 0.2) is 54.6 Å². The molecule has 40 heavy (non-hydrogen) atoms. The minimum absolute atomic E-state index is 0.0316. The predicted molar refractivity (Wildman–Crippen MR) is 143 cm³/mol. The average Bonchev–Trinajstić information content (AvgIpc) is 3.35. The van der Waals surface area contributed by atoms with Gasteiger partial charge in [0, 0.05) is 50.1 Å². The Balaban J connectivity index is 1.36. The molecule has 2 atom stereocenters. The van der Waals surface area contributed by atoms with Crippen molar-refractivity contribution in [3.05, 3.63) is 71.5 Å². The van der Waals surface area contributed by atoms with Gasteiger partial charge in [-0.3, -0.25) is 24.1 Å². The number of carbonyl (C=O) groups excluding carboxylic acids is 4. The van der Waals surface area contributed by atoms with Gasteiger partial charge in [-0.2, -0.15) is 0 Å². The fourth-order valence-corrected chi connectivity index (χ4v) is 5.95. The molecular formula is C30H34FN3O6. The Kier molecular flexibility index (Phi) is 8.16. The molecule has 3 fully saturated rings. The summed E-state index contributed by atoms with van der Waals surface area (Å²) in [6.07, 6.45) is 1.97. The number of hydrogen-bond donors (Lipinski definition) is 0. The Morgan fingerprint density at radius 2 is 1.60 bits per heavy atom. The molecular weight excluding hydrogens is 517 g/mol. The molecule has 0 saturated carbocycles. The maximum absolute atomic E-state index is 13.9. The van der Waals surface area contributed by atoms with Crippen molar-refractivity contribution in [1.82, 2.24) is 14.7 Å². The lowest BCUT2D eigenvalue weighted by atomic mass is 9.95. The standard InChI is InChI=1S/C30H34FN3O6/c1-2-39-29(38)23-9-6-16-33(19-23)28(37)25-20-40-30(34(25)27(36)21-7-4-3-5-8-21)14-17-32(18-15-30)26(35)22-10-12-24(31)13-11-22/h3-5,7-8,10-13,23,25H,2,6,9,14-20H2,1H3/t23-,25+/m0/s1. The van der Waals surface area contributed by atoms with Gasteiger partial charge in [0.25, 0.3) is 11.8 Å². The lowest BCUT2D eigenvalue weighted by Crippen LogP contribution is -2.60. The number of carbonyl (C=O) groups is 4. The zero-order valence-electron chi connectivity index (χ0n) is 22.6. The molecule has 2 aromatic rings. The van der Waals surface area contributed by atoms with Gasteiger partial charge in [0.15, 0.2) is 0 Å². The van der Waals surface area contributed by atoms with Crippen LogP contribution in [0, 0.1) is 11.7 Å². The number of hydrogen-bond acceptors (Lipinski definition) is 6. The predicted octanol–water partition coefficient (Wildman–Crippen LogP) is 3.10. The number of esters is 1.